The van der Waals surface area contributed by atoms with Crippen LogP contribution in [0.1, 0.15) is 11.6 Å². The maximum Gasteiger partial charge on any atom is 0.241 e. The van der Waals surface area contributed by atoms with E-state index < -0.39 is 16.1 Å². The lowest BCUT2D eigenvalue weighted by molar-refractivity contribution is 0.325. The predicted molar refractivity (Wildman–Crippen MR) is 81.5 cm³/mol. The van der Waals surface area contributed by atoms with Crippen LogP contribution in [0.3, 0.4) is 0 Å². The fraction of sp³-hybridized carbons (Fsp3) is 0.143. The second-order valence-electron chi connectivity index (χ2n) is 4.60. The lowest BCUT2D eigenvalue weighted by Gasteiger charge is -2.12. The molecule has 1 unspecified atom stereocenters. The second-order valence-corrected chi connectivity index (χ2v) is 7.13. The molecule has 0 bridgehead atoms. The Morgan fingerprint density at radius 3 is 2.62 bits per heavy atom. The number of rotatable bonds is 3. The third-order valence-corrected chi connectivity index (χ3v) is 5.41. The van der Waals surface area contributed by atoms with Crippen LogP contribution >= 0.6 is 23.2 Å². The molecular weight excluding hydrogens is 333 g/mol. The average Bonchev–Trinajstić information content (AvgIpc) is 2.85. The summed E-state index contributed by atoms with van der Waals surface area (Å²) in [5, 5.41) is 0.507. The van der Waals surface area contributed by atoms with Crippen LogP contribution in [0.25, 0.3) is 0 Å². The van der Waals surface area contributed by atoms with Crippen molar-refractivity contribution in [3.63, 3.8) is 0 Å². The second kappa shape index (κ2) is 5.50. The van der Waals surface area contributed by atoms with Gasteiger partial charge in [0.05, 0.1) is 21.0 Å². The molecule has 1 N–H and O–H groups in total. The van der Waals surface area contributed by atoms with Gasteiger partial charge in [-0.05, 0) is 24.3 Å². The van der Waals surface area contributed by atoms with Crippen molar-refractivity contribution in [3.8, 4) is 5.75 Å². The standard InChI is InChI=1S/C14H11Cl2NO3S/c15-11-6-5-9(7-12(11)16)21(18,19)17-13-8-20-14-4-2-1-3-10(13)14/h1-7,13,17H,8H2. The molecule has 1 heterocycles. The van der Waals surface area contributed by atoms with Crippen LogP contribution in [0.4, 0.5) is 0 Å². The van der Waals surface area contributed by atoms with Crippen LogP contribution in [0.5, 0.6) is 5.75 Å². The zero-order valence-corrected chi connectivity index (χ0v) is 13.0. The van der Waals surface area contributed by atoms with E-state index in [1.165, 1.54) is 18.2 Å². The fourth-order valence-electron chi connectivity index (χ4n) is 2.16. The fourth-order valence-corrected chi connectivity index (χ4v) is 3.75. The van der Waals surface area contributed by atoms with Gasteiger partial charge in [-0.25, -0.2) is 13.1 Å². The quantitative estimate of drug-likeness (QED) is 0.928. The Kier molecular flexibility index (Phi) is 3.84. The van der Waals surface area contributed by atoms with E-state index in [1.807, 2.05) is 24.3 Å². The summed E-state index contributed by atoms with van der Waals surface area (Å²) in [6.07, 6.45) is 0. The van der Waals surface area contributed by atoms with Gasteiger partial charge in [0.2, 0.25) is 10.0 Å². The number of para-hydroxylation sites is 1. The molecule has 0 saturated heterocycles. The molecule has 0 aliphatic carbocycles. The molecule has 1 aliphatic rings. The van der Waals surface area contributed by atoms with E-state index in [4.69, 9.17) is 27.9 Å². The minimum absolute atomic E-state index is 0.0706. The summed E-state index contributed by atoms with van der Waals surface area (Å²) in [4.78, 5) is 0.0706. The van der Waals surface area contributed by atoms with Gasteiger partial charge < -0.3 is 4.74 Å². The van der Waals surface area contributed by atoms with Gasteiger partial charge in [0.1, 0.15) is 12.4 Å². The van der Waals surface area contributed by atoms with Crippen LogP contribution in [0.15, 0.2) is 47.4 Å². The van der Waals surface area contributed by atoms with Crippen molar-refractivity contribution in [1.29, 1.82) is 0 Å². The molecule has 0 aromatic heterocycles. The van der Waals surface area contributed by atoms with Gasteiger partial charge in [-0.15, -0.1) is 0 Å². The van der Waals surface area contributed by atoms with Crippen LogP contribution in [0, 0.1) is 0 Å². The molecule has 4 nitrogen and oxygen atoms in total. The largest absolute Gasteiger partial charge is 0.491 e. The molecule has 1 atom stereocenters. The Balaban J connectivity index is 1.89. The number of hydrogen-bond donors (Lipinski definition) is 1. The number of nitrogens with one attached hydrogen (secondary N) is 1. The molecule has 0 saturated carbocycles. The minimum Gasteiger partial charge on any atom is -0.491 e. The third kappa shape index (κ3) is 2.87. The monoisotopic (exact) mass is 343 g/mol. The lowest BCUT2D eigenvalue weighted by Crippen LogP contribution is -2.29. The summed E-state index contributed by atoms with van der Waals surface area (Å²) in [5.74, 6) is 0.694. The van der Waals surface area contributed by atoms with Crippen molar-refractivity contribution in [2.24, 2.45) is 0 Å². The molecule has 3 rings (SSSR count). The highest BCUT2D eigenvalue weighted by Gasteiger charge is 2.28. The SMILES string of the molecule is O=S(=O)(NC1COc2ccccc21)c1ccc(Cl)c(Cl)c1. The summed E-state index contributed by atoms with van der Waals surface area (Å²) in [7, 11) is -3.70. The van der Waals surface area contributed by atoms with E-state index in [9.17, 15) is 8.42 Å². The van der Waals surface area contributed by atoms with Gasteiger partial charge in [-0.1, -0.05) is 41.4 Å². The Morgan fingerprint density at radius 2 is 1.86 bits per heavy atom. The molecule has 0 fully saturated rings. The highest BCUT2D eigenvalue weighted by atomic mass is 35.5. The Hall–Kier alpha value is -1.27. The molecule has 21 heavy (non-hydrogen) atoms. The van der Waals surface area contributed by atoms with E-state index in [-0.39, 0.29) is 16.5 Å². The van der Waals surface area contributed by atoms with Gasteiger partial charge in [-0.3, -0.25) is 0 Å². The van der Waals surface area contributed by atoms with Crippen molar-refractivity contribution in [3.05, 3.63) is 58.1 Å². The van der Waals surface area contributed by atoms with Crippen molar-refractivity contribution >= 4 is 33.2 Å². The Labute approximate surface area is 132 Å². The first-order valence-electron chi connectivity index (χ1n) is 6.16. The van der Waals surface area contributed by atoms with Crippen molar-refractivity contribution in [2.75, 3.05) is 6.61 Å². The molecule has 0 amide bonds. The third-order valence-electron chi connectivity index (χ3n) is 3.20. The predicted octanol–water partition coefficient (Wildman–Crippen LogP) is 3.41. The highest BCUT2D eigenvalue weighted by Crippen LogP contribution is 2.33. The van der Waals surface area contributed by atoms with E-state index in [1.54, 1.807) is 0 Å². The first-order valence-corrected chi connectivity index (χ1v) is 8.40. The molecule has 7 heteroatoms. The number of halogens is 2. The van der Waals surface area contributed by atoms with E-state index in [2.05, 4.69) is 4.72 Å². The maximum absolute atomic E-state index is 12.4. The summed E-state index contributed by atoms with van der Waals surface area (Å²) in [5.41, 5.74) is 0.820. The molecule has 1 aliphatic heterocycles. The van der Waals surface area contributed by atoms with E-state index in [0.717, 1.165) is 5.56 Å². The lowest BCUT2D eigenvalue weighted by atomic mass is 10.1. The van der Waals surface area contributed by atoms with Crippen LogP contribution in [-0.2, 0) is 10.0 Å². The van der Waals surface area contributed by atoms with E-state index in [0.29, 0.717) is 10.8 Å². The van der Waals surface area contributed by atoms with Crippen LogP contribution < -0.4 is 9.46 Å². The topological polar surface area (TPSA) is 55.4 Å². The number of hydrogen-bond acceptors (Lipinski definition) is 3. The number of sulfonamides is 1. The van der Waals surface area contributed by atoms with Crippen LogP contribution in [-0.4, -0.2) is 15.0 Å². The van der Waals surface area contributed by atoms with E-state index >= 15 is 0 Å². The smallest absolute Gasteiger partial charge is 0.241 e. The zero-order valence-electron chi connectivity index (χ0n) is 10.7. The highest BCUT2D eigenvalue weighted by molar-refractivity contribution is 7.89. The molecule has 0 radical (unpaired) electrons. The van der Waals surface area contributed by atoms with Gasteiger partial charge in [0.15, 0.2) is 0 Å². The molecular formula is C14H11Cl2NO3S. The minimum atomic E-state index is -3.70. The van der Waals surface area contributed by atoms with Gasteiger partial charge in [-0.2, -0.15) is 0 Å². The van der Waals surface area contributed by atoms with Crippen molar-refractivity contribution in [1.82, 2.24) is 4.72 Å². The number of benzene rings is 2. The van der Waals surface area contributed by atoms with Gasteiger partial charge in [0.25, 0.3) is 0 Å². The average molecular weight is 344 g/mol. The maximum atomic E-state index is 12.4. The normalized spacial score (nSPS) is 17.3. The molecule has 0 spiro atoms. The molecule has 110 valence electrons. The number of ether oxygens (including phenoxy) is 1. The van der Waals surface area contributed by atoms with Crippen LogP contribution in [0.2, 0.25) is 10.0 Å². The summed E-state index contributed by atoms with van der Waals surface area (Å²) in [6.45, 7) is 0.264. The van der Waals surface area contributed by atoms with Gasteiger partial charge in [0, 0.05) is 5.56 Å². The Bertz CT molecular complexity index is 793. The molecule has 2 aromatic carbocycles. The zero-order chi connectivity index (χ0) is 15.0. The molecule has 2 aromatic rings. The first-order chi connectivity index (χ1) is 9.97. The van der Waals surface area contributed by atoms with Gasteiger partial charge >= 0.3 is 0 Å². The summed E-state index contributed by atoms with van der Waals surface area (Å²) < 4.78 is 32.9. The first kappa shape index (κ1) is 14.7. The summed E-state index contributed by atoms with van der Waals surface area (Å²) in [6, 6.07) is 11.1. The summed E-state index contributed by atoms with van der Waals surface area (Å²) >= 11 is 11.7. The van der Waals surface area contributed by atoms with Crippen molar-refractivity contribution in [2.45, 2.75) is 10.9 Å². The van der Waals surface area contributed by atoms with Crippen molar-refractivity contribution < 1.29 is 13.2 Å². The Morgan fingerprint density at radius 1 is 1.10 bits per heavy atom. The number of fused-ring (bicyclic) bond motifs is 1.